The van der Waals surface area contributed by atoms with Gasteiger partial charge in [0.15, 0.2) is 5.11 Å². The molecule has 0 radical (unpaired) electrons. The number of carbonyl (C=O) groups is 1. The summed E-state index contributed by atoms with van der Waals surface area (Å²) in [4.78, 5) is 11.8. The summed E-state index contributed by atoms with van der Waals surface area (Å²) in [7, 11) is 1.86. The van der Waals surface area contributed by atoms with Gasteiger partial charge in [0.1, 0.15) is 0 Å². The molecular formula is C12H21N5OS. The fourth-order valence-electron chi connectivity index (χ4n) is 1.70. The van der Waals surface area contributed by atoms with Crippen molar-refractivity contribution in [2.45, 2.75) is 40.2 Å². The minimum Gasteiger partial charge on any atom is -0.359 e. The standard InChI is InChI=1S/C12H21N5OS/c1-7(2)13-12(19)15-14-11(18)6-10-8(3)16-17(5)9(10)4/h7H,6H2,1-5H3,(H,14,18)(H2,13,15,19). The lowest BCUT2D eigenvalue weighted by Gasteiger charge is -2.13. The molecule has 7 heteroatoms. The molecule has 1 aromatic rings. The summed E-state index contributed by atoms with van der Waals surface area (Å²) in [5.41, 5.74) is 8.06. The lowest BCUT2D eigenvalue weighted by molar-refractivity contribution is -0.121. The number of carbonyl (C=O) groups excluding carboxylic acids is 1. The van der Waals surface area contributed by atoms with Crippen LogP contribution < -0.4 is 16.2 Å². The zero-order chi connectivity index (χ0) is 14.6. The number of hydrogen-bond donors (Lipinski definition) is 3. The molecule has 0 aliphatic rings. The maximum atomic E-state index is 11.8. The first-order valence-corrected chi connectivity index (χ1v) is 6.56. The van der Waals surface area contributed by atoms with Crippen LogP contribution in [0.5, 0.6) is 0 Å². The molecule has 0 bridgehead atoms. The van der Waals surface area contributed by atoms with Crippen molar-refractivity contribution in [1.29, 1.82) is 0 Å². The molecule has 106 valence electrons. The van der Waals surface area contributed by atoms with E-state index >= 15 is 0 Å². The van der Waals surface area contributed by atoms with Gasteiger partial charge >= 0.3 is 0 Å². The summed E-state index contributed by atoms with van der Waals surface area (Å²) in [6.45, 7) is 7.78. The van der Waals surface area contributed by atoms with Crippen molar-refractivity contribution in [1.82, 2.24) is 25.9 Å². The van der Waals surface area contributed by atoms with Crippen LogP contribution in [-0.2, 0) is 18.3 Å². The smallest absolute Gasteiger partial charge is 0.242 e. The molecule has 6 nitrogen and oxygen atoms in total. The molecule has 0 atom stereocenters. The summed E-state index contributed by atoms with van der Waals surface area (Å²) in [5, 5.41) is 7.66. The quantitative estimate of drug-likeness (QED) is 0.556. The van der Waals surface area contributed by atoms with E-state index in [0.29, 0.717) is 5.11 Å². The van der Waals surface area contributed by atoms with Gasteiger partial charge in [0, 0.05) is 24.3 Å². The SMILES string of the molecule is Cc1nn(C)c(C)c1CC(=O)NNC(=S)NC(C)C. The van der Waals surface area contributed by atoms with E-state index in [9.17, 15) is 4.79 Å². The molecule has 0 saturated heterocycles. The highest BCUT2D eigenvalue weighted by atomic mass is 32.1. The average molecular weight is 283 g/mol. The van der Waals surface area contributed by atoms with Crippen LogP contribution >= 0.6 is 12.2 Å². The molecule has 0 aliphatic carbocycles. The van der Waals surface area contributed by atoms with Crippen molar-refractivity contribution < 1.29 is 4.79 Å². The number of hydrazine groups is 1. The first kappa shape index (κ1) is 15.4. The number of hydrogen-bond acceptors (Lipinski definition) is 3. The Morgan fingerprint density at radius 1 is 1.37 bits per heavy atom. The minimum atomic E-state index is -0.146. The predicted molar refractivity (Wildman–Crippen MR) is 78.5 cm³/mol. The van der Waals surface area contributed by atoms with Gasteiger partial charge in [-0.3, -0.25) is 20.3 Å². The Bertz CT molecular complexity index is 481. The van der Waals surface area contributed by atoms with E-state index in [0.717, 1.165) is 17.0 Å². The third-order valence-corrected chi connectivity index (χ3v) is 2.95. The zero-order valence-electron chi connectivity index (χ0n) is 12.0. The van der Waals surface area contributed by atoms with Gasteiger partial charge in [-0.2, -0.15) is 5.10 Å². The molecule has 0 saturated carbocycles. The van der Waals surface area contributed by atoms with Crippen molar-refractivity contribution in [2.75, 3.05) is 0 Å². The minimum absolute atomic E-state index is 0.146. The highest BCUT2D eigenvalue weighted by molar-refractivity contribution is 7.80. The van der Waals surface area contributed by atoms with Gasteiger partial charge in [0.05, 0.1) is 12.1 Å². The molecule has 1 aromatic heterocycles. The van der Waals surface area contributed by atoms with Gasteiger partial charge in [-0.1, -0.05) is 0 Å². The summed E-state index contributed by atoms with van der Waals surface area (Å²) < 4.78 is 1.77. The highest BCUT2D eigenvalue weighted by Crippen LogP contribution is 2.12. The Morgan fingerprint density at radius 3 is 2.47 bits per heavy atom. The molecule has 1 rings (SSSR count). The number of nitrogens with zero attached hydrogens (tertiary/aromatic N) is 2. The fraction of sp³-hybridized carbons (Fsp3) is 0.583. The number of rotatable bonds is 3. The fourth-order valence-corrected chi connectivity index (χ4v) is 1.99. The van der Waals surface area contributed by atoms with Crippen LogP contribution in [0.4, 0.5) is 0 Å². The van der Waals surface area contributed by atoms with Gasteiger partial charge in [-0.25, -0.2) is 0 Å². The van der Waals surface area contributed by atoms with Crippen molar-refractivity contribution in [3.63, 3.8) is 0 Å². The number of nitrogens with one attached hydrogen (secondary N) is 3. The van der Waals surface area contributed by atoms with Gasteiger partial charge in [-0.15, -0.1) is 0 Å². The normalized spacial score (nSPS) is 10.4. The van der Waals surface area contributed by atoms with E-state index in [1.54, 1.807) is 4.68 Å². The second kappa shape index (κ2) is 6.51. The largest absolute Gasteiger partial charge is 0.359 e. The van der Waals surface area contributed by atoms with E-state index in [1.807, 2.05) is 34.7 Å². The molecule has 0 aromatic carbocycles. The second-order valence-corrected chi connectivity index (χ2v) is 5.16. The van der Waals surface area contributed by atoms with Gasteiger partial charge < -0.3 is 5.32 Å². The number of amides is 1. The first-order valence-electron chi connectivity index (χ1n) is 6.15. The van der Waals surface area contributed by atoms with Crippen LogP contribution in [0.3, 0.4) is 0 Å². The molecule has 1 amide bonds. The first-order chi connectivity index (χ1) is 8.81. The maximum Gasteiger partial charge on any atom is 0.242 e. The molecular weight excluding hydrogens is 262 g/mol. The van der Waals surface area contributed by atoms with Crippen LogP contribution in [0.2, 0.25) is 0 Å². The Morgan fingerprint density at radius 2 is 2.00 bits per heavy atom. The monoisotopic (exact) mass is 283 g/mol. The van der Waals surface area contributed by atoms with E-state index < -0.39 is 0 Å². The van der Waals surface area contributed by atoms with Crippen LogP contribution in [-0.4, -0.2) is 26.8 Å². The Kier molecular flexibility index (Phi) is 5.29. The Hall–Kier alpha value is -1.63. The third kappa shape index (κ3) is 4.51. The van der Waals surface area contributed by atoms with Crippen molar-refractivity contribution in [3.05, 3.63) is 17.0 Å². The number of aromatic nitrogens is 2. The second-order valence-electron chi connectivity index (χ2n) is 4.75. The summed E-state index contributed by atoms with van der Waals surface area (Å²) >= 11 is 5.02. The van der Waals surface area contributed by atoms with Crippen LogP contribution in [0.1, 0.15) is 30.8 Å². The summed E-state index contributed by atoms with van der Waals surface area (Å²) in [6.07, 6.45) is 0.281. The molecule has 3 N–H and O–H groups in total. The molecule has 19 heavy (non-hydrogen) atoms. The van der Waals surface area contributed by atoms with Gasteiger partial charge in [0.2, 0.25) is 5.91 Å². The summed E-state index contributed by atoms with van der Waals surface area (Å²) in [5.74, 6) is -0.146. The van der Waals surface area contributed by atoms with Crippen molar-refractivity contribution in [2.24, 2.45) is 7.05 Å². The van der Waals surface area contributed by atoms with Gasteiger partial charge in [0.25, 0.3) is 0 Å². The molecule has 1 heterocycles. The lowest BCUT2D eigenvalue weighted by atomic mass is 10.1. The average Bonchev–Trinajstić information content (AvgIpc) is 2.52. The molecule has 0 fully saturated rings. The van der Waals surface area contributed by atoms with Crippen molar-refractivity contribution >= 4 is 23.2 Å². The zero-order valence-corrected chi connectivity index (χ0v) is 12.8. The topological polar surface area (TPSA) is 71.0 Å². The van der Waals surface area contributed by atoms with Crippen LogP contribution in [0, 0.1) is 13.8 Å². The predicted octanol–water partition coefficient (Wildman–Crippen LogP) is 0.483. The van der Waals surface area contributed by atoms with E-state index in [2.05, 4.69) is 21.3 Å². The molecule has 0 unspecified atom stereocenters. The maximum absolute atomic E-state index is 11.8. The summed E-state index contributed by atoms with van der Waals surface area (Å²) in [6, 6.07) is 0.222. The van der Waals surface area contributed by atoms with E-state index in [4.69, 9.17) is 12.2 Å². The Labute approximate surface area is 118 Å². The number of thiocarbonyl (C=S) groups is 1. The highest BCUT2D eigenvalue weighted by Gasteiger charge is 2.13. The molecule has 0 spiro atoms. The van der Waals surface area contributed by atoms with Gasteiger partial charge in [-0.05, 0) is 39.9 Å². The van der Waals surface area contributed by atoms with Crippen LogP contribution in [0.15, 0.2) is 0 Å². The van der Waals surface area contributed by atoms with Crippen LogP contribution in [0.25, 0.3) is 0 Å². The molecule has 0 aliphatic heterocycles. The number of aryl methyl sites for hydroxylation is 2. The third-order valence-electron chi connectivity index (χ3n) is 2.73. The lowest BCUT2D eigenvalue weighted by Crippen LogP contribution is -2.49. The van der Waals surface area contributed by atoms with E-state index in [1.165, 1.54) is 0 Å². The van der Waals surface area contributed by atoms with E-state index in [-0.39, 0.29) is 18.4 Å². The van der Waals surface area contributed by atoms with Crippen molar-refractivity contribution in [3.8, 4) is 0 Å². The Balaban J connectivity index is 2.50.